The summed E-state index contributed by atoms with van der Waals surface area (Å²) < 4.78 is 0. The molecule has 0 bridgehead atoms. The summed E-state index contributed by atoms with van der Waals surface area (Å²) in [5, 5.41) is 0. The van der Waals surface area contributed by atoms with Gasteiger partial charge in [-0.15, -0.1) is 0 Å². The molecule has 2 N–H and O–H groups in total. The Morgan fingerprint density at radius 2 is 1.75 bits per heavy atom. The van der Waals surface area contributed by atoms with Crippen LogP contribution in [0, 0.1) is 13.8 Å². The lowest BCUT2D eigenvalue weighted by Crippen LogP contribution is -2.14. The molecule has 3 heteroatoms. The minimum atomic E-state index is -0.178. The molecule has 1 aromatic carbocycles. The van der Waals surface area contributed by atoms with Gasteiger partial charge in [0.25, 0.3) is 0 Å². The van der Waals surface area contributed by atoms with Crippen LogP contribution >= 0.6 is 0 Å². The fraction of sp³-hybridized carbons (Fsp3) is 0.231. The van der Waals surface area contributed by atoms with Crippen molar-refractivity contribution in [1.82, 2.24) is 9.97 Å². The van der Waals surface area contributed by atoms with Crippen molar-refractivity contribution in [3.63, 3.8) is 0 Å². The van der Waals surface area contributed by atoms with Gasteiger partial charge < -0.3 is 5.73 Å². The molecule has 1 unspecified atom stereocenters. The van der Waals surface area contributed by atoms with Crippen LogP contribution in [-0.4, -0.2) is 9.97 Å². The van der Waals surface area contributed by atoms with Crippen LogP contribution in [0.2, 0.25) is 0 Å². The van der Waals surface area contributed by atoms with E-state index in [1.807, 2.05) is 25.1 Å². The van der Waals surface area contributed by atoms with Crippen molar-refractivity contribution in [2.75, 3.05) is 0 Å². The van der Waals surface area contributed by atoms with Crippen LogP contribution < -0.4 is 5.73 Å². The molecule has 82 valence electrons. The van der Waals surface area contributed by atoms with Crippen LogP contribution in [0.1, 0.15) is 28.7 Å². The molecule has 2 rings (SSSR count). The first kappa shape index (κ1) is 10.8. The number of hydrogen-bond acceptors (Lipinski definition) is 3. The van der Waals surface area contributed by atoms with E-state index in [9.17, 15) is 0 Å². The average Bonchev–Trinajstić information content (AvgIpc) is 2.29. The van der Waals surface area contributed by atoms with E-state index in [4.69, 9.17) is 5.73 Å². The second kappa shape index (κ2) is 4.41. The second-order valence-corrected chi connectivity index (χ2v) is 3.92. The number of aromatic nitrogens is 2. The van der Waals surface area contributed by atoms with Crippen molar-refractivity contribution < 1.29 is 0 Å². The lowest BCUT2D eigenvalue weighted by Gasteiger charge is -2.11. The summed E-state index contributed by atoms with van der Waals surface area (Å²) in [7, 11) is 0. The van der Waals surface area contributed by atoms with Gasteiger partial charge in [0.1, 0.15) is 5.82 Å². The summed E-state index contributed by atoms with van der Waals surface area (Å²) in [6, 6.07) is 9.88. The molecule has 0 aliphatic heterocycles. The lowest BCUT2D eigenvalue weighted by molar-refractivity contribution is 0.807. The molecule has 1 heterocycles. The Morgan fingerprint density at radius 1 is 1.06 bits per heavy atom. The molecule has 0 saturated carbocycles. The number of aryl methyl sites for hydroxylation is 2. The molecule has 1 aromatic heterocycles. The Balaban J connectivity index is 2.31. The molecule has 2 aromatic rings. The molecule has 0 fully saturated rings. The molecular formula is C13H15N3. The third-order valence-electron chi connectivity index (χ3n) is 2.55. The summed E-state index contributed by atoms with van der Waals surface area (Å²) in [5.41, 5.74) is 9.31. The maximum absolute atomic E-state index is 6.14. The van der Waals surface area contributed by atoms with Crippen LogP contribution in [0.25, 0.3) is 0 Å². The Hall–Kier alpha value is -1.74. The highest BCUT2D eigenvalue weighted by Crippen LogP contribution is 2.17. The standard InChI is InChI=1S/C13H15N3/c1-9-3-5-11(6-4-9)13(14)12-7-8-15-10(2)16-12/h3-8,13H,14H2,1-2H3. The van der Waals surface area contributed by atoms with E-state index in [1.54, 1.807) is 6.20 Å². The molecular weight excluding hydrogens is 198 g/mol. The van der Waals surface area contributed by atoms with Crippen molar-refractivity contribution >= 4 is 0 Å². The van der Waals surface area contributed by atoms with Gasteiger partial charge >= 0.3 is 0 Å². The molecule has 0 aliphatic rings. The molecule has 16 heavy (non-hydrogen) atoms. The van der Waals surface area contributed by atoms with E-state index in [-0.39, 0.29) is 6.04 Å². The predicted molar refractivity (Wildman–Crippen MR) is 64.0 cm³/mol. The maximum Gasteiger partial charge on any atom is 0.125 e. The summed E-state index contributed by atoms with van der Waals surface area (Å²) in [4.78, 5) is 8.40. The number of benzene rings is 1. The number of hydrogen-bond donors (Lipinski definition) is 1. The number of nitrogens with zero attached hydrogens (tertiary/aromatic N) is 2. The molecule has 0 amide bonds. The lowest BCUT2D eigenvalue weighted by atomic mass is 10.0. The zero-order chi connectivity index (χ0) is 11.5. The van der Waals surface area contributed by atoms with Crippen LogP contribution in [0.4, 0.5) is 0 Å². The van der Waals surface area contributed by atoms with Crippen molar-refractivity contribution in [2.24, 2.45) is 5.73 Å². The van der Waals surface area contributed by atoms with Gasteiger partial charge in [-0.05, 0) is 25.5 Å². The first-order chi connectivity index (χ1) is 7.66. The van der Waals surface area contributed by atoms with E-state index < -0.39 is 0 Å². The van der Waals surface area contributed by atoms with Crippen LogP contribution in [0.3, 0.4) is 0 Å². The van der Waals surface area contributed by atoms with Crippen molar-refractivity contribution in [2.45, 2.75) is 19.9 Å². The van der Waals surface area contributed by atoms with Gasteiger partial charge in [0.2, 0.25) is 0 Å². The van der Waals surface area contributed by atoms with E-state index in [0.717, 1.165) is 17.1 Å². The van der Waals surface area contributed by atoms with Crippen molar-refractivity contribution in [1.29, 1.82) is 0 Å². The maximum atomic E-state index is 6.14. The quantitative estimate of drug-likeness (QED) is 0.831. The normalized spacial score (nSPS) is 12.4. The Kier molecular flexibility index (Phi) is 2.97. The van der Waals surface area contributed by atoms with Gasteiger partial charge in [0, 0.05) is 6.20 Å². The molecule has 0 radical (unpaired) electrons. The Bertz CT molecular complexity index is 477. The monoisotopic (exact) mass is 213 g/mol. The van der Waals surface area contributed by atoms with Gasteiger partial charge in [-0.3, -0.25) is 0 Å². The Labute approximate surface area is 95.4 Å². The summed E-state index contributed by atoms with van der Waals surface area (Å²) >= 11 is 0. The van der Waals surface area contributed by atoms with Gasteiger partial charge in [-0.25, -0.2) is 9.97 Å². The average molecular weight is 213 g/mol. The predicted octanol–water partition coefficient (Wildman–Crippen LogP) is 2.14. The van der Waals surface area contributed by atoms with Gasteiger partial charge in [0.05, 0.1) is 11.7 Å². The first-order valence-corrected chi connectivity index (χ1v) is 5.28. The third-order valence-corrected chi connectivity index (χ3v) is 2.55. The molecule has 0 aliphatic carbocycles. The fourth-order valence-electron chi connectivity index (χ4n) is 1.59. The smallest absolute Gasteiger partial charge is 0.125 e. The highest BCUT2D eigenvalue weighted by atomic mass is 14.9. The summed E-state index contributed by atoms with van der Waals surface area (Å²) in [6.45, 7) is 3.93. The minimum Gasteiger partial charge on any atom is -0.319 e. The van der Waals surface area contributed by atoms with Gasteiger partial charge in [0.15, 0.2) is 0 Å². The third kappa shape index (κ3) is 2.25. The SMILES string of the molecule is Cc1ccc(C(N)c2ccnc(C)n2)cc1. The zero-order valence-electron chi connectivity index (χ0n) is 9.51. The van der Waals surface area contributed by atoms with Gasteiger partial charge in [-0.1, -0.05) is 29.8 Å². The largest absolute Gasteiger partial charge is 0.319 e. The molecule has 0 saturated heterocycles. The second-order valence-electron chi connectivity index (χ2n) is 3.92. The van der Waals surface area contributed by atoms with Crippen LogP contribution in [0.5, 0.6) is 0 Å². The summed E-state index contributed by atoms with van der Waals surface area (Å²) in [6.07, 6.45) is 1.74. The minimum absolute atomic E-state index is 0.178. The number of nitrogens with two attached hydrogens (primary N) is 1. The van der Waals surface area contributed by atoms with E-state index >= 15 is 0 Å². The highest BCUT2D eigenvalue weighted by Gasteiger charge is 2.09. The van der Waals surface area contributed by atoms with E-state index in [2.05, 4.69) is 29.0 Å². The topological polar surface area (TPSA) is 51.8 Å². The zero-order valence-corrected chi connectivity index (χ0v) is 9.51. The number of rotatable bonds is 2. The molecule has 1 atom stereocenters. The van der Waals surface area contributed by atoms with Crippen molar-refractivity contribution in [3.8, 4) is 0 Å². The summed E-state index contributed by atoms with van der Waals surface area (Å²) in [5.74, 6) is 0.750. The fourth-order valence-corrected chi connectivity index (χ4v) is 1.59. The highest BCUT2D eigenvalue weighted by molar-refractivity contribution is 5.29. The van der Waals surface area contributed by atoms with E-state index in [1.165, 1.54) is 5.56 Å². The van der Waals surface area contributed by atoms with Gasteiger partial charge in [-0.2, -0.15) is 0 Å². The van der Waals surface area contributed by atoms with Crippen molar-refractivity contribution in [3.05, 3.63) is 59.2 Å². The van der Waals surface area contributed by atoms with Crippen LogP contribution in [0.15, 0.2) is 36.5 Å². The van der Waals surface area contributed by atoms with Crippen LogP contribution in [-0.2, 0) is 0 Å². The van der Waals surface area contributed by atoms with E-state index in [0.29, 0.717) is 0 Å². The Morgan fingerprint density at radius 3 is 2.38 bits per heavy atom. The molecule has 3 nitrogen and oxygen atoms in total. The molecule has 0 spiro atoms. The first-order valence-electron chi connectivity index (χ1n) is 5.28.